The summed E-state index contributed by atoms with van der Waals surface area (Å²) in [5.74, 6) is 0. The van der Waals surface area contributed by atoms with E-state index in [4.69, 9.17) is 4.74 Å². The molecule has 104 valence electrons. The Morgan fingerprint density at radius 1 is 1.26 bits per heavy atom. The number of carbonyl (C=O) groups is 1. The molecule has 1 heterocycles. The molecule has 1 atom stereocenters. The SMILES string of the molecule is Cc1cc(C)c(NC(=O)NCC2CCCO2)cc1C. The van der Waals surface area contributed by atoms with Gasteiger partial charge in [-0.3, -0.25) is 0 Å². The van der Waals surface area contributed by atoms with Gasteiger partial charge in [0.25, 0.3) is 0 Å². The summed E-state index contributed by atoms with van der Waals surface area (Å²) in [5.41, 5.74) is 4.37. The lowest BCUT2D eigenvalue weighted by Gasteiger charge is -2.14. The van der Waals surface area contributed by atoms with Gasteiger partial charge in [-0.05, 0) is 56.4 Å². The maximum atomic E-state index is 11.8. The lowest BCUT2D eigenvalue weighted by atomic mass is 10.1. The minimum Gasteiger partial charge on any atom is -0.376 e. The van der Waals surface area contributed by atoms with Crippen LogP contribution in [0.15, 0.2) is 12.1 Å². The van der Waals surface area contributed by atoms with Gasteiger partial charge in [0.15, 0.2) is 0 Å². The van der Waals surface area contributed by atoms with Crippen LogP contribution >= 0.6 is 0 Å². The number of nitrogens with one attached hydrogen (secondary N) is 2. The molecule has 0 spiro atoms. The monoisotopic (exact) mass is 262 g/mol. The average Bonchev–Trinajstić information content (AvgIpc) is 2.86. The van der Waals surface area contributed by atoms with Gasteiger partial charge in [-0.25, -0.2) is 4.79 Å². The van der Waals surface area contributed by atoms with Crippen LogP contribution < -0.4 is 10.6 Å². The Morgan fingerprint density at radius 2 is 2.00 bits per heavy atom. The second-order valence-electron chi connectivity index (χ2n) is 5.22. The first-order valence-corrected chi connectivity index (χ1v) is 6.80. The first-order chi connectivity index (χ1) is 9.06. The predicted molar refractivity (Wildman–Crippen MR) is 76.6 cm³/mol. The number of amides is 2. The quantitative estimate of drug-likeness (QED) is 0.880. The maximum Gasteiger partial charge on any atom is 0.319 e. The summed E-state index contributed by atoms with van der Waals surface area (Å²) in [6, 6.07) is 3.93. The Morgan fingerprint density at radius 3 is 2.68 bits per heavy atom. The van der Waals surface area contributed by atoms with Crippen LogP contribution in [0.4, 0.5) is 10.5 Å². The zero-order valence-electron chi connectivity index (χ0n) is 11.9. The fraction of sp³-hybridized carbons (Fsp3) is 0.533. The van der Waals surface area contributed by atoms with E-state index >= 15 is 0 Å². The van der Waals surface area contributed by atoms with Crippen molar-refractivity contribution < 1.29 is 9.53 Å². The molecule has 1 unspecified atom stereocenters. The first kappa shape index (κ1) is 13.9. The van der Waals surface area contributed by atoms with Crippen molar-refractivity contribution >= 4 is 11.7 Å². The summed E-state index contributed by atoms with van der Waals surface area (Å²) < 4.78 is 5.47. The molecule has 1 fully saturated rings. The van der Waals surface area contributed by atoms with Gasteiger partial charge >= 0.3 is 6.03 Å². The minimum absolute atomic E-state index is 0.165. The van der Waals surface area contributed by atoms with Crippen molar-refractivity contribution in [3.63, 3.8) is 0 Å². The number of rotatable bonds is 3. The number of anilines is 1. The van der Waals surface area contributed by atoms with Gasteiger partial charge in [0.05, 0.1) is 6.10 Å². The molecule has 2 rings (SSSR count). The van der Waals surface area contributed by atoms with Crippen LogP contribution in [0, 0.1) is 20.8 Å². The fourth-order valence-electron chi connectivity index (χ4n) is 2.27. The van der Waals surface area contributed by atoms with Crippen molar-refractivity contribution in [3.8, 4) is 0 Å². The number of hydrogen-bond donors (Lipinski definition) is 2. The van der Waals surface area contributed by atoms with Crippen LogP contribution in [-0.2, 0) is 4.74 Å². The smallest absolute Gasteiger partial charge is 0.319 e. The van der Waals surface area contributed by atoms with Crippen LogP contribution in [-0.4, -0.2) is 25.3 Å². The highest BCUT2D eigenvalue weighted by molar-refractivity contribution is 5.90. The van der Waals surface area contributed by atoms with Crippen LogP contribution in [0.1, 0.15) is 29.5 Å². The summed E-state index contributed by atoms with van der Waals surface area (Å²) in [4.78, 5) is 11.8. The summed E-state index contributed by atoms with van der Waals surface area (Å²) in [7, 11) is 0. The molecule has 19 heavy (non-hydrogen) atoms. The van der Waals surface area contributed by atoms with Crippen molar-refractivity contribution in [1.29, 1.82) is 0 Å². The molecule has 2 amide bonds. The van der Waals surface area contributed by atoms with E-state index in [9.17, 15) is 4.79 Å². The molecule has 1 aliphatic rings. The molecule has 1 aromatic carbocycles. The van der Waals surface area contributed by atoms with E-state index < -0.39 is 0 Å². The van der Waals surface area contributed by atoms with E-state index in [0.717, 1.165) is 30.7 Å². The zero-order chi connectivity index (χ0) is 13.8. The Balaban J connectivity index is 1.89. The van der Waals surface area contributed by atoms with Crippen molar-refractivity contribution in [2.75, 3.05) is 18.5 Å². The molecule has 4 nitrogen and oxygen atoms in total. The molecule has 1 aliphatic heterocycles. The van der Waals surface area contributed by atoms with Crippen LogP contribution in [0.2, 0.25) is 0 Å². The Labute approximate surface area is 114 Å². The van der Waals surface area contributed by atoms with Gasteiger partial charge in [-0.2, -0.15) is 0 Å². The standard InChI is InChI=1S/C15H22N2O2/c1-10-7-12(3)14(8-11(10)2)17-15(18)16-9-13-5-4-6-19-13/h7-8,13H,4-6,9H2,1-3H3,(H2,16,17,18). The predicted octanol–water partition coefficient (Wildman–Crippen LogP) is 2.91. The molecule has 4 heteroatoms. The van der Waals surface area contributed by atoms with Crippen LogP contribution in [0.3, 0.4) is 0 Å². The summed E-state index contributed by atoms with van der Waals surface area (Å²) in [6.45, 7) is 7.51. The van der Waals surface area contributed by atoms with Gasteiger partial charge in [0.2, 0.25) is 0 Å². The second kappa shape index (κ2) is 6.06. The number of ether oxygens (including phenoxy) is 1. The molecular formula is C15H22N2O2. The third kappa shape index (κ3) is 3.70. The van der Waals surface area contributed by atoms with Crippen molar-refractivity contribution in [2.24, 2.45) is 0 Å². The number of benzene rings is 1. The molecule has 1 aromatic rings. The molecule has 0 bridgehead atoms. The van der Waals surface area contributed by atoms with Crippen molar-refractivity contribution in [3.05, 3.63) is 28.8 Å². The lowest BCUT2D eigenvalue weighted by Crippen LogP contribution is -2.35. The highest BCUT2D eigenvalue weighted by Gasteiger charge is 2.16. The summed E-state index contributed by atoms with van der Waals surface area (Å²) in [6.07, 6.45) is 2.29. The number of aryl methyl sites for hydroxylation is 3. The van der Waals surface area contributed by atoms with E-state index in [1.807, 2.05) is 19.9 Å². The average molecular weight is 262 g/mol. The first-order valence-electron chi connectivity index (χ1n) is 6.80. The maximum absolute atomic E-state index is 11.8. The van der Waals surface area contributed by atoms with Gasteiger partial charge in [-0.1, -0.05) is 6.07 Å². The topological polar surface area (TPSA) is 50.4 Å². The number of carbonyl (C=O) groups excluding carboxylic acids is 1. The van der Waals surface area contributed by atoms with Crippen molar-refractivity contribution in [2.45, 2.75) is 39.7 Å². The number of urea groups is 1. The van der Waals surface area contributed by atoms with Gasteiger partial charge in [0.1, 0.15) is 0 Å². The normalized spacial score (nSPS) is 18.4. The molecular weight excluding hydrogens is 240 g/mol. The van der Waals surface area contributed by atoms with Crippen molar-refractivity contribution in [1.82, 2.24) is 5.32 Å². The third-order valence-electron chi connectivity index (χ3n) is 3.60. The highest BCUT2D eigenvalue weighted by atomic mass is 16.5. The lowest BCUT2D eigenvalue weighted by molar-refractivity contribution is 0.112. The molecule has 0 saturated carbocycles. The molecule has 0 aliphatic carbocycles. The highest BCUT2D eigenvalue weighted by Crippen LogP contribution is 2.19. The second-order valence-corrected chi connectivity index (χ2v) is 5.22. The Bertz CT molecular complexity index is 465. The molecule has 1 saturated heterocycles. The molecule has 0 aromatic heterocycles. The van der Waals surface area contributed by atoms with Gasteiger partial charge in [-0.15, -0.1) is 0 Å². The Kier molecular flexibility index (Phi) is 4.43. The van der Waals surface area contributed by atoms with Gasteiger partial charge < -0.3 is 15.4 Å². The number of hydrogen-bond acceptors (Lipinski definition) is 2. The van der Waals surface area contributed by atoms with E-state index in [-0.39, 0.29) is 12.1 Å². The summed E-state index contributed by atoms with van der Waals surface area (Å²) >= 11 is 0. The van der Waals surface area contributed by atoms with Crippen LogP contribution in [0.5, 0.6) is 0 Å². The molecule has 0 radical (unpaired) electrons. The van der Waals surface area contributed by atoms with E-state index in [1.165, 1.54) is 11.1 Å². The zero-order valence-corrected chi connectivity index (χ0v) is 11.9. The minimum atomic E-state index is -0.165. The molecule has 2 N–H and O–H groups in total. The Hall–Kier alpha value is -1.55. The third-order valence-corrected chi connectivity index (χ3v) is 3.60. The summed E-state index contributed by atoms with van der Waals surface area (Å²) in [5, 5.41) is 5.76. The van der Waals surface area contributed by atoms with Crippen LogP contribution in [0.25, 0.3) is 0 Å². The van der Waals surface area contributed by atoms with E-state index in [2.05, 4.69) is 23.6 Å². The van der Waals surface area contributed by atoms with E-state index in [0.29, 0.717) is 6.54 Å². The van der Waals surface area contributed by atoms with E-state index in [1.54, 1.807) is 0 Å². The van der Waals surface area contributed by atoms with Gasteiger partial charge in [0, 0.05) is 18.8 Å². The largest absolute Gasteiger partial charge is 0.376 e. The fourth-order valence-corrected chi connectivity index (χ4v) is 2.27.